The molecule has 0 radical (unpaired) electrons. The molecule has 1 unspecified atom stereocenters. The summed E-state index contributed by atoms with van der Waals surface area (Å²) in [6.07, 6.45) is -8.87. The maximum atomic E-state index is 13.4. The molecule has 0 aliphatic carbocycles. The van der Waals surface area contributed by atoms with E-state index in [1.807, 2.05) is 0 Å². The smallest absolute Gasteiger partial charge is 0.420 e. The van der Waals surface area contributed by atoms with Crippen LogP contribution in [-0.4, -0.2) is 31.3 Å². The average molecular weight is 458 g/mol. The van der Waals surface area contributed by atoms with Crippen LogP contribution in [0.2, 0.25) is 0 Å². The number of amides is 1. The van der Waals surface area contributed by atoms with Gasteiger partial charge in [-0.05, 0) is 23.8 Å². The predicted molar refractivity (Wildman–Crippen MR) is 102 cm³/mol. The zero-order valence-corrected chi connectivity index (χ0v) is 16.2. The number of quaternary nitrogens is 1. The SMILES string of the molecule is C[N+]1(c2cccc(C(N)=O)c2-c2cccc(C(F)(F)F)c2)C=C(OC=O)C(C(F)(F)F)=N1. The highest BCUT2D eigenvalue weighted by Gasteiger charge is 2.50. The number of nitrogens with two attached hydrogens (primary N) is 1. The summed E-state index contributed by atoms with van der Waals surface area (Å²) in [7, 11) is 1.17. The lowest BCUT2D eigenvalue weighted by Gasteiger charge is -2.24. The molecule has 1 aliphatic rings. The molecule has 0 spiro atoms. The number of hydrogen-bond acceptors (Lipinski definition) is 4. The second-order valence-corrected chi connectivity index (χ2v) is 6.82. The summed E-state index contributed by atoms with van der Waals surface area (Å²) in [5.74, 6) is -1.91. The zero-order chi connectivity index (χ0) is 23.9. The third-order valence-corrected chi connectivity index (χ3v) is 4.63. The number of ether oxygens (including phenoxy) is 1. The molecule has 0 saturated carbocycles. The fourth-order valence-electron chi connectivity index (χ4n) is 3.31. The summed E-state index contributed by atoms with van der Waals surface area (Å²) in [6, 6.07) is 7.69. The Labute approximate surface area is 176 Å². The van der Waals surface area contributed by atoms with Crippen LogP contribution in [0.15, 0.2) is 59.5 Å². The van der Waals surface area contributed by atoms with Gasteiger partial charge >= 0.3 is 12.4 Å². The highest BCUT2D eigenvalue weighted by atomic mass is 19.4. The van der Waals surface area contributed by atoms with Crippen LogP contribution in [0.25, 0.3) is 11.1 Å². The first-order valence-electron chi connectivity index (χ1n) is 8.76. The number of halogens is 6. The van der Waals surface area contributed by atoms with Crippen LogP contribution in [0.1, 0.15) is 15.9 Å². The van der Waals surface area contributed by atoms with Crippen molar-refractivity contribution in [2.45, 2.75) is 12.4 Å². The number of rotatable bonds is 5. The van der Waals surface area contributed by atoms with Crippen LogP contribution in [0.4, 0.5) is 32.0 Å². The molecule has 1 amide bonds. The minimum atomic E-state index is -5.00. The Morgan fingerprint density at radius 2 is 1.72 bits per heavy atom. The fourth-order valence-corrected chi connectivity index (χ4v) is 3.31. The Bertz CT molecular complexity index is 1150. The molecule has 2 N–H and O–H groups in total. The monoisotopic (exact) mass is 458 g/mol. The third kappa shape index (κ3) is 4.21. The molecule has 1 aliphatic heterocycles. The maximum absolute atomic E-state index is 13.4. The normalized spacial score (nSPS) is 18.7. The molecule has 0 fully saturated rings. The predicted octanol–water partition coefficient (Wildman–Crippen LogP) is 4.35. The molecule has 1 atom stereocenters. The Hall–Kier alpha value is -3.67. The maximum Gasteiger partial charge on any atom is 0.442 e. The Balaban J connectivity index is 2.33. The Kier molecular flexibility index (Phi) is 5.60. The van der Waals surface area contributed by atoms with Gasteiger partial charge < -0.3 is 10.5 Å². The number of benzene rings is 2. The van der Waals surface area contributed by atoms with Gasteiger partial charge in [-0.1, -0.05) is 23.3 Å². The number of primary amides is 1. The average Bonchev–Trinajstić information content (AvgIpc) is 3.05. The Morgan fingerprint density at radius 1 is 1.06 bits per heavy atom. The van der Waals surface area contributed by atoms with E-state index in [4.69, 9.17) is 5.73 Å². The van der Waals surface area contributed by atoms with E-state index in [0.29, 0.717) is 0 Å². The lowest BCUT2D eigenvalue weighted by atomic mass is 9.95. The zero-order valence-electron chi connectivity index (χ0n) is 16.2. The lowest BCUT2D eigenvalue weighted by Crippen LogP contribution is -2.33. The molecule has 2 aromatic carbocycles. The first-order valence-corrected chi connectivity index (χ1v) is 8.76. The van der Waals surface area contributed by atoms with Crippen LogP contribution in [0, 0.1) is 0 Å². The van der Waals surface area contributed by atoms with Gasteiger partial charge in [-0.15, -0.1) is 4.59 Å². The molecular weight excluding hydrogens is 444 g/mol. The fraction of sp³-hybridized carbons (Fsp3) is 0.150. The van der Waals surface area contributed by atoms with Gasteiger partial charge in [-0.25, -0.2) is 0 Å². The molecule has 0 bridgehead atoms. The molecule has 2 aromatic rings. The first-order chi connectivity index (χ1) is 14.8. The highest BCUT2D eigenvalue weighted by molar-refractivity contribution is 6.07. The second-order valence-electron chi connectivity index (χ2n) is 6.82. The van der Waals surface area contributed by atoms with Gasteiger partial charge in [-0.2, -0.15) is 26.3 Å². The van der Waals surface area contributed by atoms with Crippen molar-refractivity contribution >= 4 is 23.8 Å². The molecule has 0 aromatic heterocycles. The van der Waals surface area contributed by atoms with E-state index in [9.17, 15) is 35.9 Å². The van der Waals surface area contributed by atoms with Crippen molar-refractivity contribution < 1.29 is 40.7 Å². The number of carbonyl (C=O) groups is 2. The quantitative estimate of drug-likeness (QED) is 0.411. The molecule has 0 saturated heterocycles. The van der Waals surface area contributed by atoms with Gasteiger partial charge in [0.1, 0.15) is 7.05 Å². The minimum Gasteiger partial charge on any atom is -0.420 e. The van der Waals surface area contributed by atoms with E-state index >= 15 is 0 Å². The van der Waals surface area contributed by atoms with Crippen molar-refractivity contribution in [2.24, 2.45) is 10.8 Å². The van der Waals surface area contributed by atoms with Gasteiger partial charge in [-0.3, -0.25) is 9.59 Å². The van der Waals surface area contributed by atoms with Crippen LogP contribution < -0.4 is 10.3 Å². The number of hydrogen-bond donors (Lipinski definition) is 1. The molecular formula is C20H14F6N3O3+. The number of nitrogens with zero attached hydrogens (tertiary/aromatic N) is 2. The number of allylic oxidation sites excluding steroid dienone is 1. The van der Waals surface area contributed by atoms with Crippen LogP contribution in [-0.2, 0) is 15.7 Å². The van der Waals surface area contributed by atoms with Crippen LogP contribution >= 0.6 is 0 Å². The van der Waals surface area contributed by atoms with Crippen molar-refractivity contribution in [3.8, 4) is 11.1 Å². The van der Waals surface area contributed by atoms with Crippen molar-refractivity contribution in [1.82, 2.24) is 4.59 Å². The van der Waals surface area contributed by atoms with E-state index in [-0.39, 0.29) is 28.8 Å². The largest absolute Gasteiger partial charge is 0.442 e. The van der Waals surface area contributed by atoms with E-state index in [0.717, 1.165) is 24.4 Å². The van der Waals surface area contributed by atoms with Gasteiger partial charge in [0, 0.05) is 6.07 Å². The van der Waals surface area contributed by atoms with Crippen molar-refractivity contribution in [3.63, 3.8) is 0 Å². The second kappa shape index (κ2) is 7.79. The minimum absolute atomic E-state index is 0.105. The van der Waals surface area contributed by atoms with Crippen molar-refractivity contribution in [3.05, 3.63) is 65.6 Å². The van der Waals surface area contributed by atoms with Gasteiger partial charge in [0.25, 0.3) is 6.47 Å². The summed E-state index contributed by atoms with van der Waals surface area (Å²) in [6.45, 7) is -0.212. The molecule has 168 valence electrons. The van der Waals surface area contributed by atoms with Crippen molar-refractivity contribution in [1.29, 1.82) is 0 Å². The highest BCUT2D eigenvalue weighted by Crippen LogP contribution is 2.43. The van der Waals surface area contributed by atoms with Gasteiger partial charge in [0.2, 0.25) is 17.4 Å². The molecule has 1 heterocycles. The number of alkyl halides is 6. The molecule has 12 heteroatoms. The van der Waals surface area contributed by atoms with Crippen molar-refractivity contribution in [2.75, 3.05) is 7.05 Å². The standard InChI is InChI=1S/C20H13F6N3O3/c1-29(9-15(32-10-30)17(28-29)20(24,25)26)14-7-3-6-13(18(27)31)16(14)11-4-2-5-12(8-11)19(21,22)23/h2-10H,1H3,(H-,27,31)/p+1. The van der Waals surface area contributed by atoms with E-state index in [1.54, 1.807) is 0 Å². The van der Waals surface area contributed by atoms with E-state index < -0.39 is 39.9 Å². The topological polar surface area (TPSA) is 81.8 Å². The molecule has 6 nitrogen and oxygen atoms in total. The first kappa shape index (κ1) is 23.0. The lowest BCUT2D eigenvalue weighted by molar-refractivity contribution is -0.137. The summed E-state index contributed by atoms with van der Waals surface area (Å²) in [5.41, 5.74) is 2.23. The Morgan fingerprint density at radius 3 is 2.28 bits per heavy atom. The molecule has 32 heavy (non-hydrogen) atoms. The summed E-state index contributed by atoms with van der Waals surface area (Å²) in [5, 5.41) is 3.60. The van der Waals surface area contributed by atoms with Crippen LogP contribution in [0.5, 0.6) is 0 Å². The van der Waals surface area contributed by atoms with E-state index in [1.165, 1.54) is 31.3 Å². The summed E-state index contributed by atoms with van der Waals surface area (Å²) in [4.78, 5) is 22.7. The number of carbonyl (C=O) groups excluding carboxylic acids is 2. The molecule has 3 rings (SSSR count). The summed E-state index contributed by atoms with van der Waals surface area (Å²) >= 11 is 0. The van der Waals surface area contributed by atoms with Crippen LogP contribution in [0.3, 0.4) is 0 Å². The van der Waals surface area contributed by atoms with Gasteiger partial charge in [0.05, 0.1) is 16.7 Å². The van der Waals surface area contributed by atoms with Gasteiger partial charge in [0.15, 0.2) is 11.9 Å². The third-order valence-electron chi connectivity index (χ3n) is 4.63. The van der Waals surface area contributed by atoms with E-state index in [2.05, 4.69) is 9.84 Å². The summed E-state index contributed by atoms with van der Waals surface area (Å²) < 4.78 is 83.4.